The smallest absolute Gasteiger partial charge is 0.443 e. The van der Waals surface area contributed by atoms with Crippen molar-refractivity contribution < 1.29 is 46.7 Å². The van der Waals surface area contributed by atoms with Crippen LogP contribution < -0.4 is 15.9 Å². The average Bonchev–Trinajstić information content (AvgIpc) is 3.39. The SMILES string of the molecule is CC(C)(C)OC(=O)N(Cc1ccc(C#CCNC(=O)C(F)(F)F)cc1[N+](=O)[O-])c1ccn([C@H]2C[C@@](O)([Si](C)(C)C(C)(C)C)[C@@H](CO[Si](C)(C)C(C)(C)C)O2)c(=O)n1. The molecule has 0 aliphatic carbocycles. The van der Waals surface area contributed by atoms with E-state index in [9.17, 15) is 42.8 Å². The van der Waals surface area contributed by atoms with E-state index in [-0.39, 0.29) is 40.0 Å². The lowest BCUT2D eigenvalue weighted by atomic mass is 10.1. The van der Waals surface area contributed by atoms with Gasteiger partial charge in [0.05, 0.1) is 37.9 Å². The molecule has 2 aromatic rings. The number of anilines is 1. The highest BCUT2D eigenvalue weighted by molar-refractivity contribution is 6.83. The Hall–Kier alpha value is -4.10. The molecule has 1 aliphatic heterocycles. The van der Waals surface area contributed by atoms with E-state index in [1.165, 1.54) is 29.0 Å². The quantitative estimate of drug-likeness (QED) is 0.108. The Balaban J connectivity index is 2.02. The molecule has 2 heterocycles. The largest absolute Gasteiger partial charge is 0.471 e. The topological polar surface area (TPSA) is 175 Å². The molecule has 19 heteroatoms. The fraction of sp³-hybridized carbons (Fsp3) is 0.632. The lowest BCUT2D eigenvalue weighted by Crippen LogP contribution is -2.65. The molecule has 3 atom stereocenters. The lowest BCUT2D eigenvalue weighted by molar-refractivity contribution is -0.385. The van der Waals surface area contributed by atoms with Gasteiger partial charge in [0.25, 0.3) is 5.69 Å². The van der Waals surface area contributed by atoms with Gasteiger partial charge in [-0.15, -0.1) is 0 Å². The van der Waals surface area contributed by atoms with Gasteiger partial charge in [-0.2, -0.15) is 18.2 Å². The Morgan fingerprint density at radius 1 is 1.09 bits per heavy atom. The number of nitro benzene ring substituents is 1. The highest BCUT2D eigenvalue weighted by Gasteiger charge is 2.62. The summed E-state index contributed by atoms with van der Waals surface area (Å²) in [6, 6.07) is 5.10. The third kappa shape index (κ3) is 11.1. The van der Waals surface area contributed by atoms with E-state index in [0.717, 1.165) is 11.0 Å². The summed E-state index contributed by atoms with van der Waals surface area (Å²) in [5.74, 6) is 2.42. The minimum absolute atomic E-state index is 0.00380. The van der Waals surface area contributed by atoms with Crippen LogP contribution in [0.25, 0.3) is 0 Å². The maximum Gasteiger partial charge on any atom is 0.471 e. The van der Waals surface area contributed by atoms with Gasteiger partial charge in [-0.3, -0.25) is 24.4 Å². The molecule has 1 aromatic carbocycles. The van der Waals surface area contributed by atoms with Crippen molar-refractivity contribution >= 4 is 39.9 Å². The van der Waals surface area contributed by atoms with E-state index in [1.807, 2.05) is 0 Å². The lowest BCUT2D eigenvalue weighted by Gasteiger charge is -2.49. The fourth-order valence-electron chi connectivity index (χ4n) is 5.71. The molecule has 57 heavy (non-hydrogen) atoms. The highest BCUT2D eigenvalue weighted by atomic mass is 28.4. The monoisotopic (exact) mass is 839 g/mol. The van der Waals surface area contributed by atoms with Gasteiger partial charge in [-0.1, -0.05) is 66.5 Å². The van der Waals surface area contributed by atoms with Crippen molar-refractivity contribution in [3.63, 3.8) is 0 Å². The number of ether oxygens (including phenoxy) is 2. The summed E-state index contributed by atoms with van der Waals surface area (Å²) in [5, 5.41) is 24.6. The number of halogens is 3. The van der Waals surface area contributed by atoms with Crippen molar-refractivity contribution in [3.05, 3.63) is 62.2 Å². The Morgan fingerprint density at radius 2 is 1.70 bits per heavy atom. The van der Waals surface area contributed by atoms with Gasteiger partial charge in [0, 0.05) is 29.8 Å². The minimum atomic E-state index is -5.09. The number of carbonyl (C=O) groups excluding carboxylic acids is 2. The molecule has 1 fully saturated rings. The molecule has 1 aliphatic rings. The number of aromatic nitrogens is 2. The molecule has 316 valence electrons. The summed E-state index contributed by atoms with van der Waals surface area (Å²) in [6.07, 6.45) is -6.26. The Morgan fingerprint density at radius 3 is 2.21 bits per heavy atom. The summed E-state index contributed by atoms with van der Waals surface area (Å²) < 4.78 is 57.3. The summed E-state index contributed by atoms with van der Waals surface area (Å²) in [4.78, 5) is 55.1. The van der Waals surface area contributed by atoms with E-state index >= 15 is 0 Å². The molecular weight excluding hydrogens is 784 g/mol. The Kier molecular flexibility index (Phi) is 13.8. The van der Waals surface area contributed by atoms with Crippen LogP contribution in [0.15, 0.2) is 35.3 Å². The van der Waals surface area contributed by atoms with E-state index in [2.05, 4.69) is 84.6 Å². The van der Waals surface area contributed by atoms with Crippen molar-refractivity contribution in [3.8, 4) is 11.8 Å². The first-order valence-corrected chi connectivity index (χ1v) is 24.4. The molecule has 1 saturated heterocycles. The third-order valence-corrected chi connectivity index (χ3v) is 22.1. The third-order valence-electron chi connectivity index (χ3n) is 11.2. The molecule has 2 N–H and O–H groups in total. The first-order valence-electron chi connectivity index (χ1n) is 18.4. The normalized spacial score (nSPS) is 19.4. The maximum absolute atomic E-state index is 13.8. The van der Waals surface area contributed by atoms with Crippen LogP contribution in [0.4, 0.5) is 29.5 Å². The maximum atomic E-state index is 13.8. The van der Waals surface area contributed by atoms with E-state index in [1.54, 1.807) is 26.1 Å². The van der Waals surface area contributed by atoms with Gasteiger partial charge < -0.3 is 24.3 Å². The van der Waals surface area contributed by atoms with E-state index in [4.69, 9.17) is 13.9 Å². The number of nitro groups is 1. The number of alkyl halides is 3. The second-order valence-electron chi connectivity index (χ2n) is 18.3. The zero-order valence-electron chi connectivity index (χ0n) is 35.0. The number of hydrogen-bond donors (Lipinski definition) is 2. The molecule has 0 bridgehead atoms. The predicted molar refractivity (Wildman–Crippen MR) is 214 cm³/mol. The van der Waals surface area contributed by atoms with Crippen molar-refractivity contribution in [1.29, 1.82) is 0 Å². The van der Waals surface area contributed by atoms with Crippen LogP contribution in [0.3, 0.4) is 0 Å². The van der Waals surface area contributed by atoms with Crippen molar-refractivity contribution in [1.82, 2.24) is 14.9 Å². The number of rotatable bonds is 10. The number of aliphatic hydroxyl groups is 1. The first-order chi connectivity index (χ1) is 25.7. The zero-order valence-corrected chi connectivity index (χ0v) is 37.0. The summed E-state index contributed by atoms with van der Waals surface area (Å²) >= 11 is 0. The molecule has 1 aromatic heterocycles. The Bertz CT molecular complexity index is 1960. The summed E-state index contributed by atoms with van der Waals surface area (Å²) in [6.45, 7) is 24.8. The average molecular weight is 840 g/mol. The van der Waals surface area contributed by atoms with E-state index < -0.39 is 87.1 Å². The molecule has 0 radical (unpaired) electrons. The van der Waals surface area contributed by atoms with Crippen LogP contribution in [-0.2, 0) is 25.2 Å². The van der Waals surface area contributed by atoms with Crippen molar-refractivity contribution in [2.45, 2.75) is 141 Å². The molecule has 0 unspecified atom stereocenters. The van der Waals surface area contributed by atoms with Crippen LogP contribution in [0.1, 0.15) is 86.1 Å². The standard InChI is InChI=1S/C38H56F3N5O9Si2/c1-34(2,3)55-33(49)45(23-26-17-16-25(21-27(26)46(51)52)15-14-19-42-31(47)38(39,40)41)29-18-20-44(32(48)43-29)30-22-37(50,56(10,11)35(4,5)6)28(54-30)24-53-57(12,13)36(7,8)9/h16-18,20-21,28,30,50H,19,22-24H2,1-13H3,(H,42,47)/t28-,30-,37-/m1/s1. The second-order valence-corrected chi connectivity index (χ2v) is 28.7. The second kappa shape index (κ2) is 16.6. The van der Waals surface area contributed by atoms with Crippen LogP contribution in [0, 0.1) is 22.0 Å². The van der Waals surface area contributed by atoms with Crippen LogP contribution in [-0.4, -0.2) is 84.2 Å². The Labute approximate surface area is 333 Å². The summed E-state index contributed by atoms with van der Waals surface area (Å²) in [7, 11) is -4.87. The van der Waals surface area contributed by atoms with E-state index in [0.29, 0.717) is 0 Å². The number of nitrogens with one attached hydrogen (secondary N) is 1. The van der Waals surface area contributed by atoms with Crippen LogP contribution in [0.5, 0.6) is 0 Å². The fourth-order valence-corrected chi connectivity index (χ4v) is 9.65. The summed E-state index contributed by atoms with van der Waals surface area (Å²) in [5.41, 5.74) is -2.26. The van der Waals surface area contributed by atoms with Gasteiger partial charge in [-0.25, -0.2) is 9.59 Å². The molecule has 3 rings (SSSR count). The van der Waals surface area contributed by atoms with Crippen LogP contribution in [0.2, 0.25) is 36.3 Å². The highest BCUT2D eigenvalue weighted by Crippen LogP contribution is 2.52. The van der Waals surface area contributed by atoms with Gasteiger partial charge in [0.15, 0.2) is 8.32 Å². The molecule has 14 nitrogen and oxygen atoms in total. The van der Waals surface area contributed by atoms with Crippen LogP contribution >= 0.6 is 0 Å². The van der Waals surface area contributed by atoms with Crippen molar-refractivity contribution in [2.75, 3.05) is 18.1 Å². The van der Waals surface area contributed by atoms with Gasteiger partial charge in [0.1, 0.15) is 23.8 Å². The zero-order chi connectivity index (χ0) is 43.7. The van der Waals surface area contributed by atoms with Gasteiger partial charge >= 0.3 is 23.9 Å². The first kappa shape index (κ1) is 47.3. The van der Waals surface area contributed by atoms with Gasteiger partial charge in [0.2, 0.25) is 0 Å². The number of carbonyl (C=O) groups is 2. The number of nitrogens with zero attached hydrogens (tertiary/aromatic N) is 4. The number of hydrogen-bond acceptors (Lipinski definition) is 10. The molecular formula is C38H56F3N5O9Si2. The molecule has 0 saturated carbocycles. The minimum Gasteiger partial charge on any atom is -0.443 e. The molecule has 0 spiro atoms. The number of benzene rings is 1. The number of amides is 2. The van der Waals surface area contributed by atoms with Gasteiger partial charge in [-0.05, 0) is 62.1 Å². The van der Waals surface area contributed by atoms with Crippen molar-refractivity contribution in [2.24, 2.45) is 0 Å². The molecule has 2 amide bonds. The predicted octanol–water partition coefficient (Wildman–Crippen LogP) is 7.21.